The van der Waals surface area contributed by atoms with Crippen molar-refractivity contribution in [2.24, 2.45) is 0 Å². The Balaban J connectivity index is 2.14. The van der Waals surface area contributed by atoms with Crippen LogP contribution in [0.3, 0.4) is 0 Å². The average molecular weight is 337 g/mol. The number of halogens is 2. The second-order valence-corrected chi connectivity index (χ2v) is 5.82. The molecule has 2 aromatic rings. The molecule has 0 aliphatic rings. The van der Waals surface area contributed by atoms with Crippen LogP contribution in [0.5, 0.6) is 0 Å². The molecule has 0 spiro atoms. The molecule has 2 rings (SSSR count). The maximum Gasteiger partial charge on any atom is 0.263 e. The number of amides is 1. The zero-order valence-electron chi connectivity index (χ0n) is 12.4. The molecule has 1 amide bonds. The summed E-state index contributed by atoms with van der Waals surface area (Å²) < 4.78 is 25.5. The van der Waals surface area contributed by atoms with Crippen molar-refractivity contribution < 1.29 is 18.7 Å². The van der Waals surface area contributed by atoms with Crippen LogP contribution in [0.4, 0.5) is 8.78 Å². The van der Waals surface area contributed by atoms with Gasteiger partial charge in [0.15, 0.2) is 0 Å². The highest BCUT2D eigenvalue weighted by atomic mass is 32.1. The SMILES string of the molecule is C=CC(=O)N(Cc1cccc(C(F)F)c1)CC(O)c1ccsc1. The van der Waals surface area contributed by atoms with Crippen molar-refractivity contribution in [3.05, 3.63) is 70.4 Å². The molecule has 0 aliphatic carbocycles. The van der Waals surface area contributed by atoms with Gasteiger partial charge >= 0.3 is 0 Å². The molecular weight excluding hydrogens is 320 g/mol. The fourth-order valence-corrected chi connectivity index (χ4v) is 2.89. The summed E-state index contributed by atoms with van der Waals surface area (Å²) in [6.45, 7) is 3.65. The molecule has 1 unspecified atom stereocenters. The maximum atomic E-state index is 12.8. The van der Waals surface area contributed by atoms with Crippen LogP contribution in [-0.4, -0.2) is 22.5 Å². The zero-order valence-corrected chi connectivity index (χ0v) is 13.2. The fraction of sp³-hybridized carbons (Fsp3) is 0.235. The van der Waals surface area contributed by atoms with Gasteiger partial charge in [-0.25, -0.2) is 8.78 Å². The Morgan fingerprint density at radius 3 is 2.74 bits per heavy atom. The topological polar surface area (TPSA) is 40.5 Å². The summed E-state index contributed by atoms with van der Waals surface area (Å²) >= 11 is 1.45. The van der Waals surface area contributed by atoms with Gasteiger partial charge in [-0.2, -0.15) is 11.3 Å². The number of nitrogens with zero attached hydrogens (tertiary/aromatic N) is 1. The highest BCUT2D eigenvalue weighted by Crippen LogP contribution is 2.22. The minimum atomic E-state index is -2.56. The lowest BCUT2D eigenvalue weighted by molar-refractivity contribution is -0.128. The van der Waals surface area contributed by atoms with Crippen LogP contribution in [0.15, 0.2) is 53.7 Å². The fourth-order valence-electron chi connectivity index (χ4n) is 2.19. The molecule has 1 atom stereocenters. The second kappa shape index (κ2) is 7.99. The van der Waals surface area contributed by atoms with Crippen molar-refractivity contribution >= 4 is 17.2 Å². The summed E-state index contributed by atoms with van der Waals surface area (Å²) in [5.41, 5.74) is 1.21. The van der Waals surface area contributed by atoms with Crippen molar-refractivity contribution in [2.45, 2.75) is 19.1 Å². The van der Waals surface area contributed by atoms with Crippen LogP contribution in [0.2, 0.25) is 0 Å². The Bertz CT molecular complexity index is 658. The number of aliphatic hydroxyl groups is 1. The van der Waals surface area contributed by atoms with Crippen molar-refractivity contribution in [3.63, 3.8) is 0 Å². The molecule has 23 heavy (non-hydrogen) atoms. The van der Waals surface area contributed by atoms with Crippen molar-refractivity contribution in [1.29, 1.82) is 0 Å². The van der Waals surface area contributed by atoms with Crippen LogP contribution in [0, 0.1) is 0 Å². The van der Waals surface area contributed by atoms with Gasteiger partial charge in [0.2, 0.25) is 5.91 Å². The van der Waals surface area contributed by atoms with Crippen LogP contribution >= 0.6 is 11.3 Å². The summed E-state index contributed by atoms with van der Waals surface area (Å²) in [4.78, 5) is 13.4. The first kappa shape index (κ1) is 17.3. The van der Waals surface area contributed by atoms with Gasteiger partial charge in [0, 0.05) is 12.1 Å². The molecular formula is C17H17F2NO2S. The zero-order chi connectivity index (χ0) is 16.8. The van der Waals surface area contributed by atoms with Crippen molar-refractivity contribution in [1.82, 2.24) is 4.90 Å². The van der Waals surface area contributed by atoms with Gasteiger partial charge in [0.05, 0.1) is 12.6 Å². The highest BCUT2D eigenvalue weighted by Gasteiger charge is 2.18. The number of rotatable bonds is 7. The molecule has 0 saturated heterocycles. The number of benzene rings is 1. The van der Waals surface area contributed by atoms with Gasteiger partial charge in [0.25, 0.3) is 6.43 Å². The quantitative estimate of drug-likeness (QED) is 0.778. The van der Waals surface area contributed by atoms with E-state index >= 15 is 0 Å². The molecule has 0 fully saturated rings. The third kappa shape index (κ3) is 4.71. The molecule has 122 valence electrons. The first-order chi connectivity index (χ1) is 11.0. The summed E-state index contributed by atoms with van der Waals surface area (Å²) in [7, 11) is 0. The van der Waals surface area contributed by atoms with E-state index in [1.807, 2.05) is 5.38 Å². The van der Waals surface area contributed by atoms with E-state index in [0.29, 0.717) is 5.56 Å². The number of thiophene rings is 1. The van der Waals surface area contributed by atoms with Gasteiger partial charge in [-0.15, -0.1) is 0 Å². The summed E-state index contributed by atoms with van der Waals surface area (Å²) in [5, 5.41) is 13.8. The Morgan fingerprint density at radius 2 is 2.13 bits per heavy atom. The van der Waals surface area contributed by atoms with E-state index in [-0.39, 0.29) is 24.6 Å². The predicted octanol–water partition coefficient (Wildman–Crippen LogP) is 3.93. The van der Waals surface area contributed by atoms with E-state index in [0.717, 1.165) is 11.6 Å². The van der Waals surface area contributed by atoms with Crippen LogP contribution in [0.1, 0.15) is 29.2 Å². The highest BCUT2D eigenvalue weighted by molar-refractivity contribution is 7.07. The number of alkyl halides is 2. The van der Waals surface area contributed by atoms with Crippen LogP contribution in [0.25, 0.3) is 0 Å². The minimum Gasteiger partial charge on any atom is -0.387 e. The monoisotopic (exact) mass is 337 g/mol. The molecule has 0 saturated carbocycles. The van der Waals surface area contributed by atoms with Gasteiger partial charge in [0.1, 0.15) is 0 Å². The van der Waals surface area contributed by atoms with Gasteiger partial charge in [-0.1, -0.05) is 24.8 Å². The van der Waals surface area contributed by atoms with Gasteiger partial charge < -0.3 is 10.0 Å². The molecule has 0 radical (unpaired) electrons. The second-order valence-electron chi connectivity index (χ2n) is 5.04. The Kier molecular flexibility index (Phi) is 6.01. The number of aliphatic hydroxyl groups excluding tert-OH is 1. The summed E-state index contributed by atoms with van der Waals surface area (Å²) in [5.74, 6) is -0.360. The van der Waals surface area contributed by atoms with Crippen LogP contribution in [-0.2, 0) is 11.3 Å². The van der Waals surface area contributed by atoms with Gasteiger partial charge in [-0.3, -0.25) is 4.79 Å². The lowest BCUT2D eigenvalue weighted by Crippen LogP contribution is -2.33. The average Bonchev–Trinajstić information content (AvgIpc) is 3.08. The lowest BCUT2D eigenvalue weighted by Gasteiger charge is -2.24. The van der Waals surface area contributed by atoms with E-state index in [1.54, 1.807) is 17.5 Å². The minimum absolute atomic E-state index is 0.0699. The normalized spacial score (nSPS) is 12.2. The van der Waals surface area contributed by atoms with Crippen LogP contribution < -0.4 is 0 Å². The first-order valence-corrected chi connectivity index (χ1v) is 7.94. The van der Waals surface area contributed by atoms with E-state index in [2.05, 4.69) is 6.58 Å². The molecule has 1 heterocycles. The summed E-state index contributed by atoms with van der Waals surface area (Å²) in [6.07, 6.45) is -2.24. The third-order valence-corrected chi connectivity index (χ3v) is 4.09. The predicted molar refractivity (Wildman–Crippen MR) is 86.3 cm³/mol. The largest absolute Gasteiger partial charge is 0.387 e. The molecule has 3 nitrogen and oxygen atoms in total. The molecule has 1 aromatic carbocycles. The third-order valence-electron chi connectivity index (χ3n) is 3.38. The number of hydrogen-bond donors (Lipinski definition) is 1. The number of carbonyl (C=O) groups is 1. The Hall–Kier alpha value is -2.05. The Labute approximate surface area is 137 Å². The molecule has 1 N–H and O–H groups in total. The molecule has 0 bridgehead atoms. The van der Waals surface area contributed by atoms with Crippen molar-refractivity contribution in [2.75, 3.05) is 6.54 Å². The molecule has 1 aromatic heterocycles. The molecule has 0 aliphatic heterocycles. The standard InChI is InChI=1S/C17H17F2NO2S/c1-2-16(22)20(10-15(21)14-6-7-23-11-14)9-12-4-3-5-13(8-12)17(18)19/h2-8,11,15,17,21H,1,9-10H2. The van der Waals surface area contributed by atoms with E-state index in [1.165, 1.54) is 34.4 Å². The smallest absolute Gasteiger partial charge is 0.263 e. The van der Waals surface area contributed by atoms with Gasteiger partial charge in [-0.05, 0) is 40.1 Å². The van der Waals surface area contributed by atoms with Crippen molar-refractivity contribution in [3.8, 4) is 0 Å². The van der Waals surface area contributed by atoms with E-state index in [4.69, 9.17) is 0 Å². The lowest BCUT2D eigenvalue weighted by atomic mass is 10.1. The van der Waals surface area contributed by atoms with E-state index < -0.39 is 12.5 Å². The number of carbonyl (C=O) groups excluding carboxylic acids is 1. The van der Waals surface area contributed by atoms with E-state index in [9.17, 15) is 18.7 Å². The molecule has 6 heteroatoms. The maximum absolute atomic E-state index is 12.8. The first-order valence-electron chi connectivity index (χ1n) is 6.99. The summed E-state index contributed by atoms with van der Waals surface area (Å²) in [6, 6.07) is 7.69. The number of hydrogen-bond acceptors (Lipinski definition) is 3. The Morgan fingerprint density at radius 1 is 1.35 bits per heavy atom.